The fraction of sp³-hybridized carbons (Fsp3) is 0.292. The number of nitrogens with zero attached hydrogens (tertiary/aromatic N) is 3. The fourth-order valence-corrected chi connectivity index (χ4v) is 4.12. The first-order chi connectivity index (χ1) is 16.5. The molecule has 3 heterocycles. The number of hydrogen-bond donors (Lipinski definition) is 3. The summed E-state index contributed by atoms with van der Waals surface area (Å²) in [5.41, 5.74) is 1.83. The number of aromatic nitrogens is 2. The number of aliphatic hydroxyl groups excluding tert-OH is 1. The predicted octanol–water partition coefficient (Wildman–Crippen LogP) is 2.60. The van der Waals surface area contributed by atoms with Crippen molar-refractivity contribution in [3.05, 3.63) is 70.9 Å². The molecular weight excluding hydrogens is 444 g/mol. The summed E-state index contributed by atoms with van der Waals surface area (Å²) in [6, 6.07) is 10.9. The SMILES string of the molecule is O=C1NCc2nc(-c3c(F)cccc3F)nc(Nc3ccc(CC(O)N4CCOCC4)cc3)c21. The van der Waals surface area contributed by atoms with Crippen LogP contribution in [-0.2, 0) is 17.7 Å². The standard InChI is InChI=1S/C24H23F2N5O3/c25-16-2-1-3-17(26)20(16)22-29-18-13-27-24(33)21(18)23(30-22)28-15-6-4-14(5-7-15)12-19(32)31-8-10-34-11-9-31/h1-7,19,32H,8-13H2,(H,27,33)(H,28,29,30). The Kier molecular flexibility index (Phi) is 6.18. The van der Waals surface area contributed by atoms with E-state index in [1.807, 2.05) is 17.0 Å². The summed E-state index contributed by atoms with van der Waals surface area (Å²) in [6.07, 6.45) is -0.141. The van der Waals surface area contributed by atoms with Crippen molar-refractivity contribution in [3.63, 3.8) is 0 Å². The minimum Gasteiger partial charge on any atom is -0.379 e. The van der Waals surface area contributed by atoms with E-state index in [-0.39, 0.29) is 35.2 Å². The molecular formula is C24H23F2N5O3. The van der Waals surface area contributed by atoms with E-state index in [0.29, 0.717) is 44.1 Å². The Labute approximate surface area is 194 Å². The van der Waals surface area contributed by atoms with Crippen molar-refractivity contribution >= 4 is 17.4 Å². The van der Waals surface area contributed by atoms with E-state index in [9.17, 15) is 18.7 Å². The molecule has 10 heteroatoms. The van der Waals surface area contributed by atoms with Gasteiger partial charge in [0, 0.05) is 25.2 Å². The van der Waals surface area contributed by atoms with Crippen LogP contribution in [-0.4, -0.2) is 58.4 Å². The normalized spacial score (nSPS) is 16.7. The van der Waals surface area contributed by atoms with Crippen LogP contribution in [0, 0.1) is 11.6 Å². The molecule has 1 amide bonds. The monoisotopic (exact) mass is 467 g/mol. The van der Waals surface area contributed by atoms with Crippen molar-refractivity contribution < 1.29 is 23.4 Å². The summed E-state index contributed by atoms with van der Waals surface area (Å²) in [6.45, 7) is 2.73. The van der Waals surface area contributed by atoms with E-state index in [4.69, 9.17) is 4.74 Å². The molecule has 1 saturated heterocycles. The lowest BCUT2D eigenvalue weighted by Gasteiger charge is -2.31. The average Bonchev–Trinajstić information content (AvgIpc) is 3.21. The lowest BCUT2D eigenvalue weighted by Crippen LogP contribution is -2.44. The van der Waals surface area contributed by atoms with Crippen LogP contribution in [0.2, 0.25) is 0 Å². The molecule has 0 spiro atoms. The highest BCUT2D eigenvalue weighted by Crippen LogP contribution is 2.30. The Bertz CT molecular complexity index is 1200. The van der Waals surface area contributed by atoms with Crippen LogP contribution in [0.1, 0.15) is 21.6 Å². The van der Waals surface area contributed by atoms with Gasteiger partial charge in [0.1, 0.15) is 29.2 Å². The summed E-state index contributed by atoms with van der Waals surface area (Å²) >= 11 is 0. The molecule has 0 aliphatic carbocycles. The third kappa shape index (κ3) is 4.47. The van der Waals surface area contributed by atoms with E-state index >= 15 is 0 Å². The molecule has 1 unspecified atom stereocenters. The highest BCUT2D eigenvalue weighted by atomic mass is 19.1. The smallest absolute Gasteiger partial charge is 0.257 e. The molecule has 8 nitrogen and oxygen atoms in total. The van der Waals surface area contributed by atoms with Crippen molar-refractivity contribution in [2.45, 2.75) is 19.2 Å². The molecule has 5 rings (SSSR count). The van der Waals surface area contributed by atoms with Gasteiger partial charge < -0.3 is 20.5 Å². The Morgan fingerprint density at radius 3 is 2.47 bits per heavy atom. The number of morpholine rings is 1. The highest BCUT2D eigenvalue weighted by Gasteiger charge is 2.28. The summed E-state index contributed by atoms with van der Waals surface area (Å²) in [5, 5.41) is 16.2. The van der Waals surface area contributed by atoms with Gasteiger partial charge >= 0.3 is 0 Å². The molecule has 1 atom stereocenters. The van der Waals surface area contributed by atoms with Gasteiger partial charge in [-0.15, -0.1) is 0 Å². The zero-order valence-corrected chi connectivity index (χ0v) is 18.2. The molecule has 3 aromatic rings. The quantitative estimate of drug-likeness (QED) is 0.513. The maximum absolute atomic E-state index is 14.4. The van der Waals surface area contributed by atoms with Gasteiger partial charge in [-0.3, -0.25) is 9.69 Å². The largest absolute Gasteiger partial charge is 0.379 e. The minimum absolute atomic E-state index is 0.140. The van der Waals surface area contributed by atoms with E-state index in [2.05, 4.69) is 20.6 Å². The van der Waals surface area contributed by atoms with Gasteiger partial charge in [-0.05, 0) is 29.8 Å². The van der Waals surface area contributed by atoms with Gasteiger partial charge in [-0.1, -0.05) is 18.2 Å². The fourth-order valence-electron chi connectivity index (χ4n) is 4.12. The number of benzene rings is 2. The second kappa shape index (κ2) is 9.41. The van der Waals surface area contributed by atoms with Crippen LogP contribution in [0.25, 0.3) is 11.4 Å². The second-order valence-corrected chi connectivity index (χ2v) is 8.15. The number of anilines is 2. The number of fused-ring (bicyclic) bond motifs is 1. The number of hydrogen-bond acceptors (Lipinski definition) is 7. The molecule has 2 aliphatic heterocycles. The first-order valence-corrected chi connectivity index (χ1v) is 11.0. The van der Waals surface area contributed by atoms with Crippen LogP contribution in [0.4, 0.5) is 20.3 Å². The third-order valence-electron chi connectivity index (χ3n) is 5.92. The van der Waals surface area contributed by atoms with Crippen LogP contribution >= 0.6 is 0 Å². The number of nitrogens with one attached hydrogen (secondary N) is 2. The lowest BCUT2D eigenvalue weighted by atomic mass is 10.1. The molecule has 0 saturated carbocycles. The highest BCUT2D eigenvalue weighted by molar-refractivity contribution is 6.03. The van der Waals surface area contributed by atoms with Gasteiger partial charge in [-0.25, -0.2) is 18.7 Å². The Balaban J connectivity index is 1.39. The van der Waals surface area contributed by atoms with Crippen molar-refractivity contribution in [1.82, 2.24) is 20.2 Å². The molecule has 0 bridgehead atoms. The van der Waals surface area contributed by atoms with Crippen LogP contribution < -0.4 is 10.6 Å². The van der Waals surface area contributed by atoms with Crippen molar-refractivity contribution in [2.75, 3.05) is 31.6 Å². The second-order valence-electron chi connectivity index (χ2n) is 8.15. The number of carbonyl (C=O) groups is 1. The topological polar surface area (TPSA) is 99.6 Å². The third-order valence-corrected chi connectivity index (χ3v) is 5.92. The van der Waals surface area contributed by atoms with Crippen LogP contribution in [0.15, 0.2) is 42.5 Å². The molecule has 2 aliphatic rings. The first-order valence-electron chi connectivity index (χ1n) is 11.0. The maximum atomic E-state index is 14.4. The Morgan fingerprint density at radius 1 is 1.06 bits per heavy atom. The lowest BCUT2D eigenvalue weighted by molar-refractivity contribution is -0.0575. The molecule has 34 heavy (non-hydrogen) atoms. The number of carbonyl (C=O) groups excluding carboxylic acids is 1. The van der Waals surface area contributed by atoms with E-state index < -0.39 is 17.9 Å². The molecule has 176 valence electrons. The minimum atomic E-state index is -0.786. The van der Waals surface area contributed by atoms with Gasteiger partial charge in [0.15, 0.2) is 5.82 Å². The van der Waals surface area contributed by atoms with Gasteiger partial charge in [0.25, 0.3) is 5.91 Å². The molecule has 1 aromatic heterocycles. The average molecular weight is 467 g/mol. The zero-order chi connectivity index (χ0) is 23.7. The summed E-state index contributed by atoms with van der Waals surface area (Å²) in [5.74, 6) is -1.90. The molecule has 3 N–H and O–H groups in total. The van der Waals surface area contributed by atoms with Crippen LogP contribution in [0.5, 0.6) is 0 Å². The van der Waals surface area contributed by atoms with E-state index in [0.717, 1.165) is 17.7 Å². The zero-order valence-electron chi connectivity index (χ0n) is 18.2. The van der Waals surface area contributed by atoms with Crippen molar-refractivity contribution in [1.29, 1.82) is 0 Å². The number of halogens is 2. The maximum Gasteiger partial charge on any atom is 0.257 e. The van der Waals surface area contributed by atoms with Gasteiger partial charge in [-0.2, -0.15) is 0 Å². The number of amides is 1. The van der Waals surface area contributed by atoms with Crippen molar-refractivity contribution in [2.24, 2.45) is 0 Å². The Hall–Kier alpha value is -3.47. The van der Waals surface area contributed by atoms with Crippen LogP contribution in [0.3, 0.4) is 0 Å². The number of ether oxygens (including phenoxy) is 1. The van der Waals surface area contributed by atoms with Crippen molar-refractivity contribution in [3.8, 4) is 11.4 Å². The summed E-state index contributed by atoms with van der Waals surface area (Å²) in [7, 11) is 0. The first kappa shape index (κ1) is 22.3. The van der Waals surface area contributed by atoms with Gasteiger partial charge in [0.2, 0.25) is 0 Å². The Morgan fingerprint density at radius 2 is 1.76 bits per heavy atom. The molecule has 0 radical (unpaired) electrons. The predicted molar refractivity (Wildman–Crippen MR) is 120 cm³/mol. The molecule has 2 aromatic carbocycles. The molecule has 1 fully saturated rings. The van der Waals surface area contributed by atoms with Gasteiger partial charge in [0.05, 0.1) is 31.0 Å². The van der Waals surface area contributed by atoms with E-state index in [1.54, 1.807) is 12.1 Å². The van der Waals surface area contributed by atoms with E-state index in [1.165, 1.54) is 6.07 Å². The summed E-state index contributed by atoms with van der Waals surface area (Å²) in [4.78, 5) is 22.9. The number of aliphatic hydroxyl groups is 1. The summed E-state index contributed by atoms with van der Waals surface area (Å²) < 4.78 is 34.0. The number of rotatable bonds is 6.